The van der Waals surface area contributed by atoms with Crippen molar-refractivity contribution in [3.63, 3.8) is 0 Å². The zero-order chi connectivity index (χ0) is 17.5. The second-order valence-electron chi connectivity index (χ2n) is 6.81. The molecule has 0 aliphatic carbocycles. The predicted octanol–water partition coefficient (Wildman–Crippen LogP) is 2.47. The summed E-state index contributed by atoms with van der Waals surface area (Å²) in [6, 6.07) is 17.8. The summed E-state index contributed by atoms with van der Waals surface area (Å²) in [5, 5.41) is 2.94. The van der Waals surface area contributed by atoms with Crippen molar-refractivity contribution in [2.24, 2.45) is 5.73 Å². The van der Waals surface area contributed by atoms with Crippen LogP contribution in [0.4, 0.5) is 0 Å². The molecule has 0 spiro atoms. The third-order valence-electron chi connectivity index (χ3n) is 4.73. The fraction of sp³-hybridized carbons (Fsp3) is 0.381. The number of nitrogens with one attached hydrogen (secondary N) is 1. The molecule has 0 radical (unpaired) electrons. The van der Waals surface area contributed by atoms with Gasteiger partial charge in [-0.15, -0.1) is 0 Å². The quantitative estimate of drug-likeness (QED) is 0.816. The molecule has 1 aliphatic heterocycles. The molecule has 1 heterocycles. The molecule has 1 fully saturated rings. The van der Waals surface area contributed by atoms with Crippen LogP contribution in [-0.4, -0.2) is 29.9 Å². The van der Waals surface area contributed by atoms with Crippen LogP contribution in [0, 0.1) is 0 Å². The minimum Gasteiger partial charge on any atom is -0.351 e. The van der Waals surface area contributed by atoms with Crippen molar-refractivity contribution in [2.45, 2.75) is 38.4 Å². The predicted molar refractivity (Wildman–Crippen MR) is 101 cm³/mol. The topological polar surface area (TPSA) is 58.4 Å². The zero-order valence-electron chi connectivity index (χ0n) is 14.7. The molecule has 0 aromatic heterocycles. The highest BCUT2D eigenvalue weighted by atomic mass is 16.2. The van der Waals surface area contributed by atoms with Crippen molar-refractivity contribution >= 4 is 5.91 Å². The van der Waals surface area contributed by atoms with Crippen molar-refractivity contribution in [2.75, 3.05) is 13.1 Å². The first-order valence-corrected chi connectivity index (χ1v) is 9.08. The Kier molecular flexibility index (Phi) is 6.20. The van der Waals surface area contributed by atoms with E-state index in [1.807, 2.05) is 30.3 Å². The number of nitrogens with two attached hydrogens (primary N) is 1. The molecule has 4 nitrogen and oxygen atoms in total. The monoisotopic (exact) mass is 337 g/mol. The van der Waals surface area contributed by atoms with Crippen LogP contribution in [0.2, 0.25) is 0 Å². The fourth-order valence-electron chi connectivity index (χ4n) is 3.24. The maximum atomic E-state index is 12.2. The summed E-state index contributed by atoms with van der Waals surface area (Å²) < 4.78 is 0. The highest BCUT2D eigenvalue weighted by Gasteiger charge is 2.14. The van der Waals surface area contributed by atoms with Gasteiger partial charge in [0.1, 0.15) is 0 Å². The van der Waals surface area contributed by atoms with Gasteiger partial charge >= 0.3 is 0 Å². The van der Waals surface area contributed by atoms with Gasteiger partial charge in [0.15, 0.2) is 0 Å². The summed E-state index contributed by atoms with van der Waals surface area (Å²) in [5.74, 6) is -0.106. The van der Waals surface area contributed by atoms with E-state index in [1.54, 1.807) is 0 Å². The summed E-state index contributed by atoms with van der Waals surface area (Å²) in [6.45, 7) is 3.95. The molecule has 3 N–H and O–H groups in total. The van der Waals surface area contributed by atoms with Gasteiger partial charge in [0.25, 0.3) is 0 Å². The minimum absolute atomic E-state index is 0.106. The van der Waals surface area contributed by atoms with Crippen LogP contribution in [0.3, 0.4) is 0 Å². The van der Waals surface area contributed by atoms with E-state index in [-0.39, 0.29) is 5.91 Å². The zero-order valence-corrected chi connectivity index (χ0v) is 14.7. The molecule has 1 unspecified atom stereocenters. The number of nitrogens with zero attached hydrogens (tertiary/aromatic N) is 1. The number of carbonyl (C=O) groups excluding carboxylic acids is 1. The van der Waals surface area contributed by atoms with Crippen molar-refractivity contribution < 1.29 is 4.79 Å². The van der Waals surface area contributed by atoms with E-state index in [2.05, 4.69) is 34.5 Å². The fourth-order valence-corrected chi connectivity index (χ4v) is 3.24. The van der Waals surface area contributed by atoms with Crippen molar-refractivity contribution in [3.8, 4) is 0 Å². The van der Waals surface area contributed by atoms with E-state index < -0.39 is 6.04 Å². The Morgan fingerprint density at radius 1 is 0.960 bits per heavy atom. The van der Waals surface area contributed by atoms with Gasteiger partial charge in [0, 0.05) is 13.1 Å². The average Bonchev–Trinajstić information content (AvgIpc) is 3.14. The van der Waals surface area contributed by atoms with Crippen molar-refractivity contribution in [1.29, 1.82) is 0 Å². The molecule has 4 heteroatoms. The Morgan fingerprint density at radius 2 is 1.60 bits per heavy atom. The number of likely N-dealkylation sites (tertiary alicyclic amines) is 1. The Morgan fingerprint density at radius 3 is 2.28 bits per heavy atom. The van der Waals surface area contributed by atoms with E-state index in [0.29, 0.717) is 13.0 Å². The summed E-state index contributed by atoms with van der Waals surface area (Å²) >= 11 is 0. The molecule has 132 valence electrons. The first-order chi connectivity index (χ1) is 12.2. The first-order valence-electron chi connectivity index (χ1n) is 9.08. The molecule has 1 saturated heterocycles. The Balaban J connectivity index is 1.45. The summed E-state index contributed by atoms with van der Waals surface area (Å²) in [4.78, 5) is 14.7. The van der Waals surface area contributed by atoms with Crippen LogP contribution >= 0.6 is 0 Å². The van der Waals surface area contributed by atoms with Gasteiger partial charge in [-0.25, -0.2) is 0 Å². The molecule has 2 aromatic carbocycles. The molecule has 0 bridgehead atoms. The van der Waals surface area contributed by atoms with Crippen molar-refractivity contribution in [3.05, 3.63) is 71.3 Å². The SMILES string of the molecule is NC(Cc1ccccc1)C(=O)NCc1ccc(CN2CCCC2)cc1. The summed E-state index contributed by atoms with van der Waals surface area (Å²) in [6.07, 6.45) is 3.18. The number of hydrogen-bond acceptors (Lipinski definition) is 3. The van der Waals surface area contributed by atoms with Crippen LogP contribution < -0.4 is 11.1 Å². The van der Waals surface area contributed by atoms with Gasteiger partial charge < -0.3 is 11.1 Å². The maximum absolute atomic E-state index is 12.2. The minimum atomic E-state index is -0.517. The number of rotatable bonds is 7. The molecule has 2 aromatic rings. The Labute approximate surface area is 150 Å². The van der Waals surface area contributed by atoms with Crippen molar-refractivity contribution in [1.82, 2.24) is 10.2 Å². The average molecular weight is 337 g/mol. The highest BCUT2D eigenvalue weighted by Crippen LogP contribution is 2.13. The second-order valence-corrected chi connectivity index (χ2v) is 6.81. The van der Waals surface area contributed by atoms with Gasteiger partial charge in [-0.2, -0.15) is 0 Å². The summed E-state index contributed by atoms with van der Waals surface area (Å²) in [5.41, 5.74) is 9.52. The lowest BCUT2D eigenvalue weighted by Crippen LogP contribution is -2.41. The molecule has 1 atom stereocenters. The van der Waals surface area contributed by atoms with Crippen LogP contribution in [0.5, 0.6) is 0 Å². The Bertz CT molecular complexity index is 663. The molecule has 1 amide bonds. The molecule has 3 rings (SSSR count). The van der Waals surface area contributed by atoms with Gasteiger partial charge in [-0.1, -0.05) is 54.6 Å². The van der Waals surface area contributed by atoms with Gasteiger partial charge in [-0.05, 0) is 49.0 Å². The number of carbonyl (C=O) groups is 1. The van der Waals surface area contributed by atoms with Gasteiger partial charge in [0.2, 0.25) is 5.91 Å². The largest absolute Gasteiger partial charge is 0.351 e. The van der Waals surface area contributed by atoms with Gasteiger partial charge in [-0.3, -0.25) is 9.69 Å². The van der Waals surface area contributed by atoms with Crippen LogP contribution in [0.1, 0.15) is 29.5 Å². The van der Waals surface area contributed by atoms with E-state index in [0.717, 1.165) is 17.7 Å². The van der Waals surface area contributed by atoms with Gasteiger partial charge in [0.05, 0.1) is 6.04 Å². The molecule has 25 heavy (non-hydrogen) atoms. The lowest BCUT2D eigenvalue weighted by Gasteiger charge is -2.15. The van der Waals surface area contributed by atoms with E-state index in [4.69, 9.17) is 5.73 Å². The van der Waals surface area contributed by atoms with Crippen LogP contribution in [0.15, 0.2) is 54.6 Å². The van der Waals surface area contributed by atoms with Crippen LogP contribution in [0.25, 0.3) is 0 Å². The number of hydrogen-bond donors (Lipinski definition) is 2. The smallest absolute Gasteiger partial charge is 0.237 e. The first kappa shape index (κ1) is 17.6. The normalized spacial score (nSPS) is 15.9. The Hall–Kier alpha value is -2.17. The number of benzene rings is 2. The third kappa shape index (κ3) is 5.41. The molecular weight excluding hydrogens is 310 g/mol. The third-order valence-corrected chi connectivity index (χ3v) is 4.73. The second kappa shape index (κ2) is 8.79. The van der Waals surface area contributed by atoms with E-state index in [9.17, 15) is 4.79 Å². The van der Waals surface area contributed by atoms with E-state index >= 15 is 0 Å². The standard InChI is InChI=1S/C21H27N3O/c22-20(14-17-6-2-1-3-7-17)21(25)23-15-18-8-10-19(11-9-18)16-24-12-4-5-13-24/h1-3,6-11,20H,4-5,12-16,22H2,(H,23,25). The summed E-state index contributed by atoms with van der Waals surface area (Å²) in [7, 11) is 0. The lowest BCUT2D eigenvalue weighted by atomic mass is 10.1. The molecule has 0 saturated carbocycles. The van der Waals surface area contributed by atoms with Crippen LogP contribution in [-0.2, 0) is 24.3 Å². The lowest BCUT2D eigenvalue weighted by molar-refractivity contribution is -0.122. The van der Waals surface area contributed by atoms with E-state index in [1.165, 1.54) is 31.5 Å². The molecule has 1 aliphatic rings. The number of amides is 1. The maximum Gasteiger partial charge on any atom is 0.237 e. The highest BCUT2D eigenvalue weighted by molar-refractivity contribution is 5.81. The molecular formula is C21H27N3O.